The van der Waals surface area contributed by atoms with Gasteiger partial charge in [0.05, 0.1) is 6.61 Å². The first-order chi connectivity index (χ1) is 8.29. The van der Waals surface area contributed by atoms with Gasteiger partial charge in [-0.05, 0) is 19.3 Å². The zero-order valence-electron chi connectivity index (χ0n) is 11.1. The van der Waals surface area contributed by atoms with Gasteiger partial charge in [-0.25, -0.2) is 0 Å². The molecule has 0 amide bonds. The van der Waals surface area contributed by atoms with E-state index in [9.17, 15) is 4.79 Å². The van der Waals surface area contributed by atoms with Gasteiger partial charge in [0.1, 0.15) is 0 Å². The topological polar surface area (TPSA) is 26.3 Å². The van der Waals surface area contributed by atoms with E-state index in [1.54, 1.807) is 0 Å². The molecule has 0 aromatic carbocycles. The molecule has 0 radical (unpaired) electrons. The Labute approximate surface area is 105 Å². The largest absolute Gasteiger partial charge is 0.465 e. The molecule has 1 atom stereocenters. The fourth-order valence-electron chi connectivity index (χ4n) is 2.10. The first kappa shape index (κ1) is 14.3. The SMILES string of the molecule is C[C@@H]1/C=C/CCCCCCCCCC(=O)OC1. The van der Waals surface area contributed by atoms with Gasteiger partial charge in [-0.15, -0.1) is 0 Å². The first-order valence-electron chi connectivity index (χ1n) is 7.11. The highest BCUT2D eigenvalue weighted by Gasteiger charge is 2.05. The molecule has 0 saturated heterocycles. The Balaban J connectivity index is 2.31. The maximum atomic E-state index is 11.4. The molecule has 0 spiro atoms. The minimum atomic E-state index is -0.0277. The molecular formula is C15H26O2. The van der Waals surface area contributed by atoms with Gasteiger partial charge in [0.2, 0.25) is 0 Å². The smallest absolute Gasteiger partial charge is 0.305 e. The van der Waals surface area contributed by atoms with Crippen LogP contribution in [0.1, 0.15) is 64.7 Å². The van der Waals surface area contributed by atoms with Crippen LogP contribution in [-0.2, 0) is 9.53 Å². The third-order valence-electron chi connectivity index (χ3n) is 3.22. The van der Waals surface area contributed by atoms with Crippen molar-refractivity contribution in [1.29, 1.82) is 0 Å². The monoisotopic (exact) mass is 238 g/mol. The summed E-state index contributed by atoms with van der Waals surface area (Å²) in [4.78, 5) is 11.4. The Bertz CT molecular complexity index is 233. The highest BCUT2D eigenvalue weighted by Crippen LogP contribution is 2.12. The second-order valence-electron chi connectivity index (χ2n) is 5.10. The average molecular weight is 238 g/mol. The Kier molecular flexibility index (Phi) is 7.78. The molecule has 2 nitrogen and oxygen atoms in total. The Hall–Kier alpha value is -0.790. The second-order valence-corrected chi connectivity index (χ2v) is 5.10. The lowest BCUT2D eigenvalue weighted by Gasteiger charge is -2.08. The summed E-state index contributed by atoms with van der Waals surface area (Å²) in [5, 5.41) is 0. The average Bonchev–Trinajstić information content (AvgIpc) is 2.33. The van der Waals surface area contributed by atoms with Crippen LogP contribution in [0.2, 0.25) is 0 Å². The first-order valence-corrected chi connectivity index (χ1v) is 7.11. The van der Waals surface area contributed by atoms with Gasteiger partial charge in [-0.1, -0.05) is 51.2 Å². The van der Waals surface area contributed by atoms with E-state index in [1.807, 2.05) is 0 Å². The highest BCUT2D eigenvalue weighted by atomic mass is 16.5. The van der Waals surface area contributed by atoms with Crippen LogP contribution in [0.4, 0.5) is 0 Å². The predicted octanol–water partition coefficient (Wildman–Crippen LogP) is 4.25. The van der Waals surface area contributed by atoms with E-state index in [1.165, 1.54) is 38.5 Å². The van der Waals surface area contributed by atoms with Gasteiger partial charge in [0.25, 0.3) is 0 Å². The van der Waals surface area contributed by atoms with E-state index in [0.29, 0.717) is 18.9 Å². The van der Waals surface area contributed by atoms with Crippen molar-refractivity contribution in [3.8, 4) is 0 Å². The van der Waals surface area contributed by atoms with Crippen LogP contribution in [0.3, 0.4) is 0 Å². The van der Waals surface area contributed by atoms with E-state index in [4.69, 9.17) is 4.74 Å². The molecule has 0 aliphatic carbocycles. The number of cyclic esters (lactones) is 1. The fraction of sp³-hybridized carbons (Fsp3) is 0.800. The summed E-state index contributed by atoms with van der Waals surface area (Å²) in [6, 6.07) is 0. The molecular weight excluding hydrogens is 212 g/mol. The summed E-state index contributed by atoms with van der Waals surface area (Å²) < 4.78 is 5.24. The van der Waals surface area contributed by atoms with Gasteiger partial charge >= 0.3 is 5.97 Å². The van der Waals surface area contributed by atoms with E-state index >= 15 is 0 Å². The van der Waals surface area contributed by atoms with Crippen molar-refractivity contribution >= 4 is 5.97 Å². The van der Waals surface area contributed by atoms with Crippen molar-refractivity contribution in [3.63, 3.8) is 0 Å². The van der Waals surface area contributed by atoms with Crippen LogP contribution in [0.15, 0.2) is 12.2 Å². The number of esters is 1. The molecule has 0 unspecified atom stereocenters. The molecule has 1 heterocycles. The summed E-state index contributed by atoms with van der Waals surface area (Å²) in [6.45, 7) is 2.64. The third-order valence-corrected chi connectivity index (χ3v) is 3.22. The van der Waals surface area contributed by atoms with E-state index in [2.05, 4.69) is 19.1 Å². The van der Waals surface area contributed by atoms with E-state index in [-0.39, 0.29) is 5.97 Å². The maximum Gasteiger partial charge on any atom is 0.305 e. The summed E-state index contributed by atoms with van der Waals surface area (Å²) in [5.41, 5.74) is 0. The number of carbonyl (C=O) groups is 1. The van der Waals surface area contributed by atoms with Crippen molar-refractivity contribution in [1.82, 2.24) is 0 Å². The summed E-state index contributed by atoms with van der Waals surface area (Å²) >= 11 is 0. The Morgan fingerprint density at radius 3 is 2.47 bits per heavy atom. The fourth-order valence-corrected chi connectivity index (χ4v) is 2.10. The van der Waals surface area contributed by atoms with Crippen LogP contribution in [0, 0.1) is 5.92 Å². The lowest BCUT2D eigenvalue weighted by molar-refractivity contribution is -0.144. The molecule has 0 bridgehead atoms. The van der Waals surface area contributed by atoms with Gasteiger partial charge in [-0.3, -0.25) is 4.79 Å². The number of rotatable bonds is 0. The van der Waals surface area contributed by atoms with Crippen LogP contribution >= 0.6 is 0 Å². The summed E-state index contributed by atoms with van der Waals surface area (Å²) in [6.07, 6.45) is 14.9. The molecule has 2 heteroatoms. The van der Waals surface area contributed by atoms with Gasteiger partial charge in [-0.2, -0.15) is 0 Å². The third kappa shape index (κ3) is 8.00. The number of allylic oxidation sites excluding steroid dienone is 1. The number of ether oxygens (including phenoxy) is 1. The van der Waals surface area contributed by atoms with E-state index < -0.39 is 0 Å². The highest BCUT2D eigenvalue weighted by molar-refractivity contribution is 5.69. The minimum absolute atomic E-state index is 0.0277. The summed E-state index contributed by atoms with van der Waals surface area (Å²) in [5.74, 6) is 0.323. The van der Waals surface area contributed by atoms with Crippen molar-refractivity contribution in [2.45, 2.75) is 64.7 Å². The number of hydrogen-bond acceptors (Lipinski definition) is 2. The quantitative estimate of drug-likeness (QED) is 0.466. The van der Waals surface area contributed by atoms with Crippen molar-refractivity contribution < 1.29 is 9.53 Å². The van der Waals surface area contributed by atoms with Gasteiger partial charge in [0, 0.05) is 12.3 Å². The van der Waals surface area contributed by atoms with Gasteiger partial charge < -0.3 is 4.74 Å². The molecule has 0 fully saturated rings. The minimum Gasteiger partial charge on any atom is -0.465 e. The molecule has 1 aliphatic heterocycles. The Morgan fingerprint density at radius 1 is 1.06 bits per heavy atom. The lowest BCUT2D eigenvalue weighted by atomic mass is 10.1. The second kappa shape index (κ2) is 9.26. The molecule has 0 aromatic heterocycles. The van der Waals surface area contributed by atoms with Crippen LogP contribution < -0.4 is 0 Å². The molecule has 1 rings (SSSR count). The molecule has 17 heavy (non-hydrogen) atoms. The molecule has 0 saturated carbocycles. The molecule has 0 aromatic rings. The van der Waals surface area contributed by atoms with Crippen molar-refractivity contribution in [3.05, 3.63) is 12.2 Å². The molecule has 98 valence electrons. The van der Waals surface area contributed by atoms with Crippen molar-refractivity contribution in [2.75, 3.05) is 6.61 Å². The predicted molar refractivity (Wildman–Crippen MR) is 70.8 cm³/mol. The van der Waals surface area contributed by atoms with Crippen molar-refractivity contribution in [2.24, 2.45) is 5.92 Å². The Morgan fingerprint density at radius 2 is 1.71 bits per heavy atom. The standard InChI is InChI=1S/C15H26O2/c1-14-11-9-7-5-3-2-4-6-8-10-12-15(16)17-13-14/h9,11,14H,2-8,10,12-13H2,1H3/b11-9+/t14-/m1/s1. The zero-order valence-corrected chi connectivity index (χ0v) is 11.1. The number of hydrogen-bond donors (Lipinski definition) is 0. The zero-order chi connectivity index (χ0) is 12.3. The number of carbonyl (C=O) groups excluding carboxylic acids is 1. The van der Waals surface area contributed by atoms with Crippen LogP contribution in [0.25, 0.3) is 0 Å². The van der Waals surface area contributed by atoms with Crippen LogP contribution in [0.5, 0.6) is 0 Å². The van der Waals surface area contributed by atoms with E-state index in [0.717, 1.165) is 12.8 Å². The van der Waals surface area contributed by atoms with Gasteiger partial charge in [0.15, 0.2) is 0 Å². The summed E-state index contributed by atoms with van der Waals surface area (Å²) in [7, 11) is 0. The van der Waals surface area contributed by atoms with Crippen LogP contribution in [-0.4, -0.2) is 12.6 Å². The normalized spacial score (nSPS) is 27.6. The maximum absolute atomic E-state index is 11.4. The molecule has 1 aliphatic rings. The molecule has 0 N–H and O–H groups in total. The lowest BCUT2D eigenvalue weighted by Crippen LogP contribution is -2.10.